The average molecular weight is 190 g/mol. The van der Waals surface area contributed by atoms with Crippen LogP contribution in [-0.2, 0) is 25.3 Å². The van der Waals surface area contributed by atoms with Gasteiger partial charge in [0.1, 0.15) is 0 Å². The molecule has 3 nitrogen and oxygen atoms in total. The van der Waals surface area contributed by atoms with Gasteiger partial charge in [-0.15, -0.1) is 0 Å². The zero-order chi connectivity index (χ0) is 8.73. The molecule has 0 bridgehead atoms. The molecule has 0 saturated heterocycles. The molecule has 0 unspecified atom stereocenters. The van der Waals surface area contributed by atoms with Gasteiger partial charge in [-0.1, -0.05) is 0 Å². The second-order valence-corrected chi connectivity index (χ2v) is 2.47. The summed E-state index contributed by atoms with van der Waals surface area (Å²) in [4.78, 5) is 19.0. The van der Waals surface area contributed by atoms with E-state index in [0.29, 0.717) is 0 Å². The molecule has 0 atom stereocenters. The van der Waals surface area contributed by atoms with Crippen molar-refractivity contribution < 1.29 is 30.4 Å². The van der Waals surface area contributed by atoms with E-state index in [4.69, 9.17) is 9.90 Å². The van der Waals surface area contributed by atoms with Crippen molar-refractivity contribution in [3.8, 4) is 0 Å². The van der Waals surface area contributed by atoms with Crippen molar-refractivity contribution in [1.29, 1.82) is 0 Å². The van der Waals surface area contributed by atoms with Gasteiger partial charge in [0.15, 0.2) is 0 Å². The van der Waals surface area contributed by atoms with Gasteiger partial charge in [0.05, 0.1) is 0 Å². The van der Waals surface area contributed by atoms with Crippen molar-refractivity contribution in [2.75, 3.05) is 0 Å². The van der Waals surface area contributed by atoms with Crippen molar-refractivity contribution >= 4 is 10.7 Å². The summed E-state index contributed by atoms with van der Waals surface area (Å²) < 4.78 is -0.0532. The molecule has 0 spiro atoms. The Balaban J connectivity index is 0. The molecule has 0 saturated carbocycles. The van der Waals surface area contributed by atoms with Crippen LogP contribution in [0.15, 0.2) is 0 Å². The first-order chi connectivity index (χ1) is 4.37. The van der Waals surface area contributed by atoms with E-state index in [2.05, 4.69) is 15.7 Å². The fourth-order valence-corrected chi connectivity index (χ4v) is 0. The first kappa shape index (κ1) is 12.3. The van der Waals surface area contributed by atoms with E-state index in [0.717, 1.165) is 6.92 Å². The van der Waals surface area contributed by atoms with Crippen LogP contribution in [0, 0.1) is 5.92 Å². The Morgan fingerprint density at radius 3 is 1.50 bits per heavy atom. The van der Waals surface area contributed by atoms with Crippen LogP contribution in [0.2, 0.25) is 0 Å². The number of carboxylic acid groups (broad SMARTS) is 1. The van der Waals surface area contributed by atoms with Gasteiger partial charge in [-0.3, -0.25) is 4.79 Å². The molecule has 0 heterocycles. The molecular weight excluding hydrogens is 179 g/mol. The van der Waals surface area contributed by atoms with Crippen LogP contribution in [-0.4, -0.2) is 15.8 Å². The van der Waals surface area contributed by atoms with E-state index >= 15 is 0 Å². The number of hydrogen-bond donors (Lipinski definition) is 1. The predicted octanol–water partition coefficient (Wildman–Crippen LogP) is 0.807. The second-order valence-electron chi connectivity index (χ2n) is 1.96. The minimum absolute atomic E-state index is 0.0532. The third-order valence-corrected chi connectivity index (χ3v) is 1.03. The maximum atomic E-state index is 10.0. The van der Waals surface area contributed by atoms with Crippen LogP contribution >= 0.6 is 0 Å². The van der Waals surface area contributed by atoms with Crippen molar-refractivity contribution in [2.24, 2.45) is 5.92 Å². The van der Waals surface area contributed by atoms with Gasteiger partial charge in [-0.05, 0) is 0 Å². The Kier molecular flexibility index (Phi) is 8.34. The predicted molar refractivity (Wildman–Crippen MR) is 33.2 cm³/mol. The van der Waals surface area contributed by atoms with E-state index in [1.54, 1.807) is 0 Å². The molecule has 0 rings (SSSR count). The van der Waals surface area contributed by atoms with Crippen molar-refractivity contribution in [2.45, 2.75) is 20.8 Å². The number of carbonyl (C=O) groups is 2. The molecule has 0 amide bonds. The summed E-state index contributed by atoms with van der Waals surface area (Å²) in [5.41, 5.74) is 0. The molecule has 1 N–H and O–H groups in total. The summed E-state index contributed by atoms with van der Waals surface area (Å²) >= 11 is 3.60. The summed E-state index contributed by atoms with van der Waals surface area (Å²) in [6.45, 7) is 4.71. The van der Waals surface area contributed by atoms with Crippen LogP contribution in [0.4, 0.5) is 0 Å². The van der Waals surface area contributed by atoms with Gasteiger partial charge in [0.25, 0.3) is 5.97 Å². The number of rotatable bonds is 1. The molecule has 4 heteroatoms. The topological polar surface area (TPSA) is 54.4 Å². The van der Waals surface area contributed by atoms with Gasteiger partial charge < -0.3 is 5.11 Å². The zero-order valence-corrected chi connectivity index (χ0v) is 7.22. The van der Waals surface area contributed by atoms with E-state index in [1.165, 1.54) is 0 Å². The van der Waals surface area contributed by atoms with Crippen LogP contribution in [0.5, 0.6) is 0 Å². The van der Waals surface area contributed by atoms with Gasteiger partial charge in [-0.2, -0.15) is 0 Å². The Morgan fingerprint density at radius 1 is 1.40 bits per heavy atom. The Labute approximate surface area is 68.4 Å². The van der Waals surface area contributed by atoms with Crippen LogP contribution in [0.25, 0.3) is 0 Å². The van der Waals surface area contributed by atoms with Gasteiger partial charge in [0.2, 0.25) is 0 Å². The van der Waals surface area contributed by atoms with E-state index in [9.17, 15) is 4.79 Å². The summed E-state index contributed by atoms with van der Waals surface area (Å²) in [7, 11) is 0. The molecule has 62 valence electrons. The molecule has 10 heavy (non-hydrogen) atoms. The number of hydrogen-bond acceptors (Lipinski definition) is 2. The molecule has 0 aliphatic carbocycles. The third-order valence-electron chi connectivity index (χ3n) is 0.428. The van der Waals surface area contributed by atoms with Crippen LogP contribution in [0.3, 0.4) is 0 Å². The third kappa shape index (κ3) is 25.4. The van der Waals surface area contributed by atoms with Crippen molar-refractivity contribution in [3.05, 3.63) is 0 Å². The minimum atomic E-state index is -0.833. The monoisotopic (exact) mass is 190 g/mol. The molecule has 0 aromatic carbocycles. The maximum absolute atomic E-state index is 10.0. The van der Waals surface area contributed by atoms with Crippen molar-refractivity contribution in [1.82, 2.24) is 0 Å². The second kappa shape index (κ2) is 6.76. The molecule has 0 fully saturated rings. The first-order valence-corrected chi connectivity index (χ1v) is 3.26. The van der Waals surface area contributed by atoms with Gasteiger partial charge >= 0.3 is 45.0 Å². The van der Waals surface area contributed by atoms with E-state index in [-0.39, 0.29) is 10.6 Å². The van der Waals surface area contributed by atoms with Gasteiger partial charge in [-0.25, -0.2) is 0 Å². The quantitative estimate of drug-likeness (QED) is 0.665. The van der Waals surface area contributed by atoms with E-state index < -0.39 is 5.97 Å². The molecule has 0 aromatic rings. The summed E-state index contributed by atoms with van der Waals surface area (Å²) in [6, 6.07) is 0. The molecule has 0 aromatic heterocycles. The molecule has 0 aliphatic heterocycles. The normalized spacial score (nSPS) is 8.20. The zero-order valence-electron chi connectivity index (χ0n) is 6.17. The van der Waals surface area contributed by atoms with Crippen molar-refractivity contribution in [3.63, 3.8) is 0 Å². The van der Waals surface area contributed by atoms with Gasteiger partial charge in [0, 0.05) is 6.92 Å². The fourth-order valence-electron chi connectivity index (χ4n) is 0. The molecule has 0 aliphatic rings. The molecular formula is C6H11CoO3. The number of aliphatic carboxylic acids is 1. The van der Waals surface area contributed by atoms with E-state index in [1.807, 2.05) is 13.8 Å². The summed E-state index contributed by atoms with van der Waals surface area (Å²) in [5.74, 6) is -0.759. The van der Waals surface area contributed by atoms with Crippen LogP contribution in [0.1, 0.15) is 20.8 Å². The number of carbonyl (C=O) groups excluding carboxylic acids is 1. The Bertz CT molecular complexity index is 116. The number of carboxylic acids is 1. The molecule has 0 radical (unpaired) electrons. The first-order valence-electron chi connectivity index (χ1n) is 2.74. The SMILES string of the molecule is CC(=O)O.CC(C)[C](=O)[Co]. The summed E-state index contributed by atoms with van der Waals surface area (Å²) in [6.07, 6.45) is 0. The Morgan fingerprint density at radius 2 is 1.50 bits per heavy atom. The average Bonchev–Trinajstić information content (AvgIpc) is 1.63. The fraction of sp³-hybridized carbons (Fsp3) is 0.667. The summed E-state index contributed by atoms with van der Waals surface area (Å²) in [5, 5.41) is 7.42. The van der Waals surface area contributed by atoms with Crippen LogP contribution < -0.4 is 0 Å². The standard InChI is InChI=1S/C4H7O.C2H4O2.Co/c1-4(2)3-5;1-2(3)4;/h4H,1-2H3;1H3,(H,3,4);. The Hall–Kier alpha value is -0.354.